The van der Waals surface area contributed by atoms with Crippen molar-refractivity contribution >= 4 is 11.6 Å². The van der Waals surface area contributed by atoms with Gasteiger partial charge in [0, 0.05) is 37.4 Å². The maximum atomic E-state index is 5.62. The van der Waals surface area contributed by atoms with Gasteiger partial charge in [0.05, 0.1) is 27.6 Å². The Morgan fingerprint density at radius 3 is 2.71 bits per heavy atom. The molecule has 2 aromatic carbocycles. The molecule has 3 aromatic heterocycles. The highest BCUT2D eigenvalue weighted by molar-refractivity contribution is 5.58. The summed E-state index contributed by atoms with van der Waals surface area (Å²) in [6, 6.07) is 16.6. The number of anilines is 1. The summed E-state index contributed by atoms with van der Waals surface area (Å²) in [5.74, 6) is 4.62. The fourth-order valence-electron chi connectivity index (χ4n) is 6.64. The van der Waals surface area contributed by atoms with Gasteiger partial charge in [0.1, 0.15) is 5.75 Å². The zero-order chi connectivity index (χ0) is 30.8. The predicted octanol–water partition coefficient (Wildman–Crippen LogP) is 5.12. The van der Waals surface area contributed by atoms with Crippen molar-refractivity contribution in [2.75, 3.05) is 46.3 Å². The normalized spacial score (nSPS) is 17.9. The van der Waals surface area contributed by atoms with Crippen LogP contribution < -0.4 is 24.8 Å². The summed E-state index contributed by atoms with van der Waals surface area (Å²) in [4.78, 5) is 12.3. The maximum absolute atomic E-state index is 5.62. The van der Waals surface area contributed by atoms with Crippen molar-refractivity contribution in [2.24, 2.45) is 5.92 Å². The molecule has 2 atom stereocenters. The van der Waals surface area contributed by atoms with Gasteiger partial charge in [0.2, 0.25) is 11.8 Å². The lowest BCUT2D eigenvalue weighted by Gasteiger charge is -2.43. The number of piperidine rings is 1. The van der Waals surface area contributed by atoms with Gasteiger partial charge in [-0.05, 0) is 91.4 Å². The first-order chi connectivity index (χ1) is 22.1. The molecule has 1 saturated heterocycles. The molecule has 0 amide bonds. The molecule has 5 heterocycles. The van der Waals surface area contributed by atoms with Gasteiger partial charge < -0.3 is 29.3 Å². The largest absolute Gasteiger partial charge is 0.497 e. The van der Waals surface area contributed by atoms with Crippen LogP contribution in [-0.2, 0) is 19.5 Å². The summed E-state index contributed by atoms with van der Waals surface area (Å²) in [6.45, 7) is 4.34. The molecule has 11 nitrogen and oxygen atoms in total. The van der Waals surface area contributed by atoms with Crippen LogP contribution in [0.2, 0.25) is 0 Å². The van der Waals surface area contributed by atoms with Crippen molar-refractivity contribution in [3.63, 3.8) is 0 Å². The summed E-state index contributed by atoms with van der Waals surface area (Å²) in [6.07, 6.45) is 6.94. The van der Waals surface area contributed by atoms with Crippen LogP contribution in [0.5, 0.6) is 17.2 Å². The number of methoxy groups -OCH3 is 3. The predicted molar refractivity (Wildman–Crippen MR) is 171 cm³/mol. The van der Waals surface area contributed by atoms with Crippen LogP contribution in [0.4, 0.5) is 5.95 Å². The summed E-state index contributed by atoms with van der Waals surface area (Å²) in [5, 5.41) is 11.9. The van der Waals surface area contributed by atoms with Crippen molar-refractivity contribution in [1.29, 1.82) is 0 Å². The number of ether oxygens (including phenoxy) is 3. The van der Waals surface area contributed by atoms with E-state index in [1.807, 2.05) is 36.5 Å². The van der Waals surface area contributed by atoms with Crippen molar-refractivity contribution in [2.45, 2.75) is 38.4 Å². The van der Waals surface area contributed by atoms with Crippen LogP contribution in [-0.4, -0.2) is 65.4 Å². The van der Waals surface area contributed by atoms with E-state index in [2.05, 4.69) is 33.7 Å². The van der Waals surface area contributed by atoms with Crippen molar-refractivity contribution in [3.05, 3.63) is 83.2 Å². The molecular weight excluding hydrogens is 570 g/mol. The van der Waals surface area contributed by atoms with Crippen LogP contribution in [0.25, 0.3) is 17.2 Å². The Hall–Kier alpha value is -4.61. The monoisotopic (exact) mass is 609 g/mol. The number of benzene rings is 2. The van der Waals surface area contributed by atoms with E-state index >= 15 is 0 Å². The van der Waals surface area contributed by atoms with E-state index in [4.69, 9.17) is 33.7 Å². The lowest BCUT2D eigenvalue weighted by Crippen LogP contribution is -2.43. The van der Waals surface area contributed by atoms with E-state index in [0.29, 0.717) is 54.1 Å². The van der Waals surface area contributed by atoms with Gasteiger partial charge in [-0.3, -0.25) is 4.90 Å². The highest BCUT2D eigenvalue weighted by Gasteiger charge is 2.33. The topological polar surface area (TPSA) is 111 Å². The molecule has 11 heteroatoms. The van der Waals surface area contributed by atoms with E-state index in [1.165, 1.54) is 17.5 Å². The van der Waals surface area contributed by atoms with Gasteiger partial charge in [-0.1, -0.05) is 12.1 Å². The average Bonchev–Trinajstić information content (AvgIpc) is 3.78. The molecule has 5 aromatic rings. The van der Waals surface area contributed by atoms with Gasteiger partial charge in [0.25, 0.3) is 0 Å². The zero-order valence-corrected chi connectivity index (χ0v) is 26.0. The van der Waals surface area contributed by atoms with Crippen molar-refractivity contribution < 1.29 is 18.6 Å². The number of hydrogen-bond acceptors (Lipinski definition) is 10. The molecule has 0 aliphatic carbocycles. The number of nitrogens with one attached hydrogen (secondary N) is 2. The summed E-state index contributed by atoms with van der Waals surface area (Å²) in [5.41, 5.74) is 5.62. The lowest BCUT2D eigenvalue weighted by molar-refractivity contribution is 0.102. The Morgan fingerprint density at radius 1 is 0.978 bits per heavy atom. The SMILES string of the molecule is COc1ccc2c(c1)CCN1CCC(CNCc3cnc(NCc4ccc(OC)c(OC)c4)n4nc(-c5ccco5)nc34)CC21. The van der Waals surface area contributed by atoms with E-state index < -0.39 is 0 Å². The molecule has 234 valence electrons. The number of nitrogens with zero attached hydrogens (tertiary/aromatic N) is 5. The number of furan rings is 1. The number of fused-ring (bicyclic) bond motifs is 4. The maximum Gasteiger partial charge on any atom is 0.226 e. The Labute approximate surface area is 262 Å². The van der Waals surface area contributed by atoms with Crippen LogP contribution in [0, 0.1) is 5.92 Å². The molecule has 0 saturated carbocycles. The molecule has 0 radical (unpaired) electrons. The smallest absolute Gasteiger partial charge is 0.226 e. The van der Waals surface area contributed by atoms with Gasteiger partial charge >= 0.3 is 0 Å². The van der Waals surface area contributed by atoms with Crippen LogP contribution >= 0.6 is 0 Å². The Kier molecular flexibility index (Phi) is 8.27. The van der Waals surface area contributed by atoms with Crippen molar-refractivity contribution in [3.8, 4) is 28.8 Å². The summed E-state index contributed by atoms with van der Waals surface area (Å²) in [7, 11) is 5.00. The number of hydrogen-bond donors (Lipinski definition) is 2. The van der Waals surface area contributed by atoms with Crippen molar-refractivity contribution in [1.82, 2.24) is 29.8 Å². The fourth-order valence-corrected chi connectivity index (χ4v) is 6.64. The molecule has 2 aliphatic heterocycles. The molecule has 2 unspecified atom stereocenters. The molecule has 2 N–H and O–H groups in total. The van der Waals surface area contributed by atoms with Crippen LogP contribution in [0.1, 0.15) is 41.1 Å². The molecule has 7 rings (SSSR count). The lowest BCUT2D eigenvalue weighted by atomic mass is 9.82. The zero-order valence-electron chi connectivity index (χ0n) is 26.0. The van der Waals surface area contributed by atoms with Gasteiger partial charge in [-0.25, -0.2) is 9.97 Å². The Bertz CT molecular complexity index is 1770. The second kappa shape index (κ2) is 12.8. The third-order valence-corrected chi connectivity index (χ3v) is 9.03. The standard InChI is InChI=1S/C34H39N7O4/c1-42-26-7-8-27-24(17-26)11-13-40-12-10-23(15-28(27)40)18-35-20-25-21-37-34(36-19-22-6-9-29(43-2)31(16-22)44-3)41-33(25)38-32(39-41)30-5-4-14-45-30/h4-9,14,16-17,21,23,28,35H,10-13,15,18-20H2,1-3H3,(H,36,37). The first-order valence-electron chi connectivity index (χ1n) is 15.5. The van der Waals surface area contributed by atoms with E-state index in [0.717, 1.165) is 55.0 Å². The second-order valence-electron chi connectivity index (χ2n) is 11.7. The first kappa shape index (κ1) is 29.1. The van der Waals surface area contributed by atoms with E-state index in [9.17, 15) is 0 Å². The van der Waals surface area contributed by atoms with Gasteiger partial charge in [-0.15, -0.1) is 5.10 Å². The molecule has 0 spiro atoms. The molecule has 2 aliphatic rings. The molecular formula is C34H39N7O4. The quantitative estimate of drug-likeness (QED) is 0.209. The molecule has 1 fully saturated rings. The van der Waals surface area contributed by atoms with Crippen LogP contribution in [0.15, 0.2) is 65.4 Å². The van der Waals surface area contributed by atoms with E-state index in [-0.39, 0.29) is 0 Å². The minimum absolute atomic E-state index is 0.469. The Balaban J connectivity index is 1.06. The third kappa shape index (κ3) is 5.93. The van der Waals surface area contributed by atoms with Crippen LogP contribution in [0.3, 0.4) is 0 Å². The number of aromatic nitrogens is 4. The highest BCUT2D eigenvalue weighted by atomic mass is 16.5. The Morgan fingerprint density at radius 2 is 1.89 bits per heavy atom. The molecule has 0 bridgehead atoms. The first-order valence-corrected chi connectivity index (χ1v) is 15.5. The molecule has 45 heavy (non-hydrogen) atoms. The van der Waals surface area contributed by atoms with Gasteiger partial charge in [-0.2, -0.15) is 4.52 Å². The summed E-state index contributed by atoms with van der Waals surface area (Å²) >= 11 is 0. The van der Waals surface area contributed by atoms with Gasteiger partial charge in [0.15, 0.2) is 22.9 Å². The summed E-state index contributed by atoms with van der Waals surface area (Å²) < 4.78 is 23.7. The minimum Gasteiger partial charge on any atom is -0.497 e. The minimum atomic E-state index is 0.469. The second-order valence-corrected chi connectivity index (χ2v) is 11.7. The third-order valence-electron chi connectivity index (χ3n) is 9.03. The average molecular weight is 610 g/mol. The number of rotatable bonds is 11. The highest BCUT2D eigenvalue weighted by Crippen LogP contribution is 2.40. The fraction of sp³-hybridized carbons (Fsp3) is 0.382. The van der Waals surface area contributed by atoms with E-state index in [1.54, 1.807) is 32.1 Å².